The Labute approximate surface area is 144 Å². The lowest BCUT2D eigenvalue weighted by molar-refractivity contribution is -0.123. The first-order valence-electron chi connectivity index (χ1n) is 7.69. The summed E-state index contributed by atoms with van der Waals surface area (Å²) in [6.07, 6.45) is 1.85. The Balaban J connectivity index is 1.83. The molecule has 25 heavy (non-hydrogen) atoms. The van der Waals surface area contributed by atoms with Crippen molar-refractivity contribution in [1.29, 1.82) is 0 Å². The van der Waals surface area contributed by atoms with Crippen LogP contribution in [0.25, 0.3) is 0 Å². The standard InChI is InChI=1S/C17H19FN4O3/c1-11-21-9-14(17(24)19-2)15(22-11)7-8-20-16(23)10-25-13-5-3-12(18)4-6-13/h3-6,9H,7-8,10H2,1-2H3,(H,19,24)(H,20,23). The molecule has 0 saturated heterocycles. The summed E-state index contributed by atoms with van der Waals surface area (Å²) in [6.45, 7) is 1.84. The summed E-state index contributed by atoms with van der Waals surface area (Å²) in [6, 6.07) is 5.40. The van der Waals surface area contributed by atoms with Crippen molar-refractivity contribution >= 4 is 11.8 Å². The number of rotatable bonds is 7. The van der Waals surface area contributed by atoms with Gasteiger partial charge in [-0.05, 0) is 31.2 Å². The van der Waals surface area contributed by atoms with Gasteiger partial charge in [-0.25, -0.2) is 14.4 Å². The van der Waals surface area contributed by atoms with Gasteiger partial charge in [0.25, 0.3) is 11.8 Å². The van der Waals surface area contributed by atoms with E-state index in [1.165, 1.54) is 37.5 Å². The van der Waals surface area contributed by atoms with Crippen molar-refractivity contribution in [1.82, 2.24) is 20.6 Å². The predicted molar refractivity (Wildman–Crippen MR) is 88.8 cm³/mol. The zero-order valence-corrected chi connectivity index (χ0v) is 14.0. The zero-order valence-electron chi connectivity index (χ0n) is 14.0. The molecule has 2 N–H and O–H groups in total. The molecule has 2 aromatic rings. The van der Waals surface area contributed by atoms with Crippen molar-refractivity contribution in [3.8, 4) is 5.75 Å². The summed E-state index contributed by atoms with van der Waals surface area (Å²) >= 11 is 0. The molecule has 0 aliphatic rings. The van der Waals surface area contributed by atoms with Crippen molar-refractivity contribution in [2.75, 3.05) is 20.2 Å². The van der Waals surface area contributed by atoms with E-state index in [0.717, 1.165) is 0 Å². The SMILES string of the molecule is CNC(=O)c1cnc(C)nc1CCNC(=O)COc1ccc(F)cc1. The van der Waals surface area contributed by atoms with Crippen molar-refractivity contribution < 1.29 is 18.7 Å². The van der Waals surface area contributed by atoms with Gasteiger partial charge in [0.2, 0.25) is 0 Å². The highest BCUT2D eigenvalue weighted by molar-refractivity contribution is 5.94. The lowest BCUT2D eigenvalue weighted by Gasteiger charge is -2.10. The van der Waals surface area contributed by atoms with E-state index in [9.17, 15) is 14.0 Å². The molecule has 0 bridgehead atoms. The summed E-state index contributed by atoms with van der Waals surface area (Å²) < 4.78 is 18.0. The first kappa shape index (κ1) is 18.3. The molecule has 1 aromatic heterocycles. The topological polar surface area (TPSA) is 93.2 Å². The normalized spacial score (nSPS) is 10.2. The zero-order chi connectivity index (χ0) is 18.2. The minimum atomic E-state index is -0.371. The van der Waals surface area contributed by atoms with Crippen LogP contribution in [0.5, 0.6) is 5.75 Å². The lowest BCUT2D eigenvalue weighted by Crippen LogP contribution is -2.31. The van der Waals surface area contributed by atoms with Gasteiger partial charge in [-0.2, -0.15) is 0 Å². The van der Waals surface area contributed by atoms with Gasteiger partial charge in [0, 0.05) is 26.2 Å². The molecule has 0 aliphatic carbocycles. The Kier molecular flexibility index (Phi) is 6.39. The molecule has 0 spiro atoms. The third-order valence-electron chi connectivity index (χ3n) is 3.33. The summed E-state index contributed by atoms with van der Waals surface area (Å²) in [4.78, 5) is 31.9. The van der Waals surface area contributed by atoms with Crippen LogP contribution in [0.15, 0.2) is 30.5 Å². The molecule has 2 rings (SSSR count). The van der Waals surface area contributed by atoms with Gasteiger partial charge in [-0.1, -0.05) is 0 Å². The van der Waals surface area contributed by atoms with Crippen LogP contribution in [-0.2, 0) is 11.2 Å². The molecule has 0 unspecified atom stereocenters. The number of nitrogens with zero attached hydrogens (tertiary/aromatic N) is 2. The molecule has 2 amide bonds. The van der Waals surface area contributed by atoms with Crippen molar-refractivity contribution in [3.63, 3.8) is 0 Å². The Morgan fingerprint density at radius 2 is 1.96 bits per heavy atom. The number of amides is 2. The number of ether oxygens (including phenoxy) is 1. The third-order valence-corrected chi connectivity index (χ3v) is 3.33. The monoisotopic (exact) mass is 346 g/mol. The number of nitrogens with one attached hydrogen (secondary N) is 2. The first-order valence-corrected chi connectivity index (χ1v) is 7.69. The average molecular weight is 346 g/mol. The van der Waals surface area contributed by atoms with E-state index in [-0.39, 0.29) is 24.2 Å². The van der Waals surface area contributed by atoms with E-state index in [2.05, 4.69) is 20.6 Å². The van der Waals surface area contributed by atoms with E-state index in [0.29, 0.717) is 35.8 Å². The van der Waals surface area contributed by atoms with Crippen LogP contribution >= 0.6 is 0 Å². The van der Waals surface area contributed by atoms with E-state index < -0.39 is 0 Å². The number of carbonyl (C=O) groups is 2. The van der Waals surface area contributed by atoms with Crippen LogP contribution in [0.1, 0.15) is 21.9 Å². The Morgan fingerprint density at radius 3 is 2.64 bits per heavy atom. The molecule has 0 fully saturated rings. The number of benzene rings is 1. The number of aryl methyl sites for hydroxylation is 1. The molecule has 0 aliphatic heterocycles. The number of aromatic nitrogens is 2. The van der Waals surface area contributed by atoms with Crippen molar-refractivity contribution in [2.24, 2.45) is 0 Å². The van der Waals surface area contributed by atoms with Gasteiger partial charge >= 0.3 is 0 Å². The Morgan fingerprint density at radius 1 is 1.24 bits per heavy atom. The first-order chi connectivity index (χ1) is 12.0. The molecular formula is C17H19FN4O3. The molecule has 8 heteroatoms. The van der Waals surface area contributed by atoms with Crippen LogP contribution in [0.2, 0.25) is 0 Å². The molecule has 0 radical (unpaired) electrons. The Bertz CT molecular complexity index is 750. The lowest BCUT2D eigenvalue weighted by atomic mass is 10.1. The molecular weight excluding hydrogens is 327 g/mol. The minimum Gasteiger partial charge on any atom is -0.484 e. The van der Waals surface area contributed by atoms with E-state index in [4.69, 9.17) is 4.74 Å². The molecule has 1 aromatic carbocycles. The van der Waals surface area contributed by atoms with Crippen molar-refractivity contribution in [2.45, 2.75) is 13.3 Å². The number of hydrogen-bond donors (Lipinski definition) is 2. The fourth-order valence-electron chi connectivity index (χ4n) is 2.08. The van der Waals surface area contributed by atoms with Gasteiger partial charge in [0.1, 0.15) is 17.4 Å². The van der Waals surface area contributed by atoms with Crippen LogP contribution in [0.4, 0.5) is 4.39 Å². The largest absolute Gasteiger partial charge is 0.484 e. The van der Waals surface area contributed by atoms with E-state index in [1.54, 1.807) is 6.92 Å². The third kappa shape index (κ3) is 5.52. The maximum Gasteiger partial charge on any atom is 0.257 e. The van der Waals surface area contributed by atoms with Crippen LogP contribution in [0.3, 0.4) is 0 Å². The Hall–Kier alpha value is -3.03. The van der Waals surface area contributed by atoms with E-state index in [1.807, 2.05) is 0 Å². The second kappa shape index (κ2) is 8.72. The molecule has 7 nitrogen and oxygen atoms in total. The second-order valence-electron chi connectivity index (χ2n) is 5.20. The van der Waals surface area contributed by atoms with Crippen LogP contribution in [0, 0.1) is 12.7 Å². The van der Waals surface area contributed by atoms with E-state index >= 15 is 0 Å². The summed E-state index contributed by atoms with van der Waals surface area (Å²) in [7, 11) is 1.53. The second-order valence-corrected chi connectivity index (χ2v) is 5.20. The summed E-state index contributed by atoms with van der Waals surface area (Å²) in [5, 5.41) is 5.22. The highest BCUT2D eigenvalue weighted by Crippen LogP contribution is 2.10. The fourth-order valence-corrected chi connectivity index (χ4v) is 2.08. The number of carbonyl (C=O) groups excluding carboxylic acids is 2. The highest BCUT2D eigenvalue weighted by Gasteiger charge is 2.13. The molecule has 132 valence electrons. The fraction of sp³-hybridized carbons (Fsp3) is 0.294. The maximum absolute atomic E-state index is 12.8. The quantitative estimate of drug-likeness (QED) is 0.781. The predicted octanol–water partition coefficient (Wildman–Crippen LogP) is 1.02. The highest BCUT2D eigenvalue weighted by atomic mass is 19.1. The summed E-state index contributed by atoms with van der Waals surface area (Å²) in [5.74, 6) is -0.0140. The minimum absolute atomic E-state index is 0.184. The van der Waals surface area contributed by atoms with Crippen LogP contribution < -0.4 is 15.4 Å². The smallest absolute Gasteiger partial charge is 0.257 e. The molecule has 0 saturated carbocycles. The van der Waals surface area contributed by atoms with Gasteiger partial charge in [0.05, 0.1) is 11.3 Å². The molecule has 1 heterocycles. The van der Waals surface area contributed by atoms with Crippen molar-refractivity contribution in [3.05, 3.63) is 53.4 Å². The van der Waals surface area contributed by atoms with Gasteiger partial charge in [0.15, 0.2) is 6.61 Å². The molecule has 0 atom stereocenters. The van der Waals surface area contributed by atoms with Gasteiger partial charge in [-0.3, -0.25) is 9.59 Å². The average Bonchev–Trinajstić information content (AvgIpc) is 2.61. The van der Waals surface area contributed by atoms with Gasteiger partial charge in [-0.15, -0.1) is 0 Å². The summed E-state index contributed by atoms with van der Waals surface area (Å²) in [5.41, 5.74) is 0.941. The number of hydrogen-bond acceptors (Lipinski definition) is 5. The maximum atomic E-state index is 12.8. The number of halogens is 1. The van der Waals surface area contributed by atoms with Gasteiger partial charge < -0.3 is 15.4 Å². The van der Waals surface area contributed by atoms with Crippen LogP contribution in [-0.4, -0.2) is 42.0 Å².